The lowest BCUT2D eigenvalue weighted by Gasteiger charge is -2.23. The fraction of sp³-hybridized carbons (Fsp3) is 0.429. The average Bonchev–Trinajstić information content (AvgIpc) is 2.64. The maximum atomic E-state index is 13.3. The van der Waals surface area contributed by atoms with Gasteiger partial charge in [-0.15, -0.1) is 0 Å². The molecule has 0 radical (unpaired) electrons. The minimum absolute atomic E-state index is 0.192. The van der Waals surface area contributed by atoms with Gasteiger partial charge in [0.2, 0.25) is 0 Å². The van der Waals surface area contributed by atoms with Crippen molar-refractivity contribution in [3.8, 4) is 0 Å². The van der Waals surface area contributed by atoms with E-state index in [-0.39, 0.29) is 10.8 Å². The van der Waals surface area contributed by atoms with Gasteiger partial charge in [0.15, 0.2) is 0 Å². The van der Waals surface area contributed by atoms with Crippen LogP contribution in [0.3, 0.4) is 0 Å². The van der Waals surface area contributed by atoms with Crippen LogP contribution in [0.4, 0.5) is 4.39 Å². The molecule has 3 heteroatoms. The molecule has 0 aliphatic carbocycles. The molecule has 3 rings (SSSR count). The molecule has 17 heavy (non-hydrogen) atoms. The molecule has 2 fully saturated rings. The Morgan fingerprint density at radius 2 is 1.94 bits per heavy atom. The fourth-order valence-corrected chi connectivity index (χ4v) is 3.01. The normalized spacial score (nSPS) is 27.3. The molecule has 2 unspecified atom stereocenters. The lowest BCUT2D eigenvalue weighted by Crippen LogP contribution is -2.34. The zero-order valence-corrected chi connectivity index (χ0v) is 10.3. The molecule has 2 aliphatic rings. The Morgan fingerprint density at radius 3 is 2.59 bits per heavy atom. The van der Waals surface area contributed by atoms with Crippen LogP contribution < -0.4 is 5.32 Å². The van der Waals surface area contributed by atoms with Crippen molar-refractivity contribution in [3.05, 3.63) is 40.2 Å². The van der Waals surface area contributed by atoms with Gasteiger partial charge in [0.05, 0.1) is 5.02 Å². The first-order valence-corrected chi connectivity index (χ1v) is 6.49. The summed E-state index contributed by atoms with van der Waals surface area (Å²) in [5.74, 6) is -0.335. The van der Waals surface area contributed by atoms with Crippen molar-refractivity contribution in [2.24, 2.45) is 0 Å². The van der Waals surface area contributed by atoms with Crippen LogP contribution in [0.2, 0.25) is 5.02 Å². The molecule has 2 saturated heterocycles. The molecule has 0 amide bonds. The third-order valence-electron chi connectivity index (χ3n) is 3.67. The number of hydrogen-bond donors (Lipinski definition) is 1. The van der Waals surface area contributed by atoms with E-state index in [1.807, 2.05) is 6.07 Å². The van der Waals surface area contributed by atoms with Crippen molar-refractivity contribution in [1.29, 1.82) is 0 Å². The lowest BCUT2D eigenvalue weighted by molar-refractivity contribution is 0.476. The van der Waals surface area contributed by atoms with Crippen molar-refractivity contribution in [3.63, 3.8) is 0 Å². The summed E-state index contributed by atoms with van der Waals surface area (Å²) in [7, 11) is 0. The van der Waals surface area contributed by atoms with E-state index in [4.69, 9.17) is 11.6 Å². The van der Waals surface area contributed by atoms with E-state index >= 15 is 0 Å². The Hall–Kier alpha value is -0.860. The molecule has 90 valence electrons. The van der Waals surface area contributed by atoms with Gasteiger partial charge in [-0.2, -0.15) is 0 Å². The van der Waals surface area contributed by atoms with E-state index in [1.165, 1.54) is 24.5 Å². The molecular formula is C14H15ClFN. The Kier molecular flexibility index (Phi) is 2.93. The molecule has 2 heterocycles. The predicted octanol–water partition coefficient (Wildman–Crippen LogP) is 3.78. The number of hydrogen-bond acceptors (Lipinski definition) is 1. The van der Waals surface area contributed by atoms with Crippen molar-refractivity contribution in [2.45, 2.75) is 37.8 Å². The van der Waals surface area contributed by atoms with Crippen LogP contribution in [-0.4, -0.2) is 12.1 Å². The molecule has 1 aromatic rings. The highest BCUT2D eigenvalue weighted by atomic mass is 35.5. The topological polar surface area (TPSA) is 12.0 Å². The Labute approximate surface area is 106 Å². The molecule has 2 bridgehead atoms. The van der Waals surface area contributed by atoms with Gasteiger partial charge in [0.25, 0.3) is 0 Å². The number of nitrogens with one attached hydrogen (secondary N) is 1. The van der Waals surface area contributed by atoms with Crippen LogP contribution in [0.5, 0.6) is 0 Å². The van der Waals surface area contributed by atoms with Gasteiger partial charge in [-0.1, -0.05) is 29.3 Å². The van der Waals surface area contributed by atoms with Gasteiger partial charge in [-0.3, -0.25) is 0 Å². The van der Waals surface area contributed by atoms with Crippen molar-refractivity contribution in [1.82, 2.24) is 5.32 Å². The number of piperidine rings is 1. The maximum absolute atomic E-state index is 13.3. The highest BCUT2D eigenvalue weighted by molar-refractivity contribution is 6.30. The summed E-state index contributed by atoms with van der Waals surface area (Å²) in [5, 5.41) is 3.78. The first kappa shape index (κ1) is 11.2. The molecule has 0 spiro atoms. The third-order valence-corrected chi connectivity index (χ3v) is 3.97. The summed E-state index contributed by atoms with van der Waals surface area (Å²) in [6.45, 7) is 0. The number of halogens is 2. The average molecular weight is 252 g/mol. The summed E-state index contributed by atoms with van der Waals surface area (Å²) >= 11 is 5.67. The van der Waals surface area contributed by atoms with Crippen LogP contribution in [0, 0.1) is 5.82 Å². The second-order valence-electron chi connectivity index (χ2n) is 5.02. The molecule has 1 nitrogen and oxygen atoms in total. The largest absolute Gasteiger partial charge is 0.311 e. The quantitative estimate of drug-likeness (QED) is 0.801. The Balaban J connectivity index is 1.83. The Bertz CT molecular complexity index is 455. The van der Waals surface area contributed by atoms with E-state index in [2.05, 4.69) is 11.4 Å². The molecule has 1 aromatic carbocycles. The monoisotopic (exact) mass is 251 g/mol. The van der Waals surface area contributed by atoms with E-state index in [1.54, 1.807) is 6.07 Å². The maximum Gasteiger partial charge on any atom is 0.142 e. The first-order chi connectivity index (χ1) is 8.20. The minimum atomic E-state index is -0.335. The van der Waals surface area contributed by atoms with Gasteiger partial charge in [-0.25, -0.2) is 4.39 Å². The van der Waals surface area contributed by atoms with Crippen LogP contribution in [-0.2, 0) is 0 Å². The van der Waals surface area contributed by atoms with E-state index in [0.29, 0.717) is 12.1 Å². The van der Waals surface area contributed by atoms with Crippen LogP contribution in [0.1, 0.15) is 31.2 Å². The summed E-state index contributed by atoms with van der Waals surface area (Å²) < 4.78 is 13.3. The van der Waals surface area contributed by atoms with Gasteiger partial charge in [0.1, 0.15) is 5.82 Å². The van der Waals surface area contributed by atoms with Gasteiger partial charge in [0, 0.05) is 12.1 Å². The van der Waals surface area contributed by atoms with Crippen LogP contribution in [0.15, 0.2) is 23.8 Å². The first-order valence-electron chi connectivity index (χ1n) is 6.11. The van der Waals surface area contributed by atoms with Crippen molar-refractivity contribution in [2.75, 3.05) is 0 Å². The standard InChI is InChI=1S/C14H15ClFN/c15-13-4-1-9(8-14(13)16)5-10-6-11-2-3-12(7-10)17-11/h1,4-5,8,11-12,17H,2-3,6-7H2. The van der Waals surface area contributed by atoms with Gasteiger partial charge < -0.3 is 5.32 Å². The second-order valence-corrected chi connectivity index (χ2v) is 5.43. The van der Waals surface area contributed by atoms with E-state index < -0.39 is 0 Å². The molecule has 0 aromatic heterocycles. The number of benzene rings is 1. The summed E-state index contributed by atoms with van der Waals surface area (Å²) in [4.78, 5) is 0. The molecule has 2 aliphatic heterocycles. The second kappa shape index (κ2) is 4.43. The number of rotatable bonds is 1. The fourth-order valence-electron chi connectivity index (χ4n) is 2.90. The van der Waals surface area contributed by atoms with Crippen LogP contribution in [0.25, 0.3) is 6.08 Å². The van der Waals surface area contributed by atoms with Crippen LogP contribution >= 0.6 is 11.6 Å². The van der Waals surface area contributed by atoms with Crippen molar-refractivity contribution >= 4 is 17.7 Å². The van der Waals surface area contributed by atoms with E-state index in [9.17, 15) is 4.39 Å². The van der Waals surface area contributed by atoms with E-state index in [0.717, 1.165) is 18.4 Å². The third kappa shape index (κ3) is 2.38. The number of fused-ring (bicyclic) bond motifs is 2. The minimum Gasteiger partial charge on any atom is -0.311 e. The van der Waals surface area contributed by atoms with Crippen molar-refractivity contribution < 1.29 is 4.39 Å². The molecular weight excluding hydrogens is 237 g/mol. The molecule has 0 saturated carbocycles. The zero-order chi connectivity index (χ0) is 11.8. The highest BCUT2D eigenvalue weighted by Gasteiger charge is 2.29. The highest BCUT2D eigenvalue weighted by Crippen LogP contribution is 2.31. The van der Waals surface area contributed by atoms with Gasteiger partial charge in [-0.05, 0) is 43.4 Å². The summed E-state index contributed by atoms with van der Waals surface area (Å²) in [6, 6.07) is 6.29. The summed E-state index contributed by atoms with van der Waals surface area (Å²) in [6.07, 6.45) is 6.86. The Morgan fingerprint density at radius 1 is 1.24 bits per heavy atom. The summed E-state index contributed by atoms with van der Waals surface area (Å²) in [5.41, 5.74) is 2.35. The zero-order valence-electron chi connectivity index (χ0n) is 9.55. The molecule has 1 N–H and O–H groups in total. The van der Waals surface area contributed by atoms with Gasteiger partial charge >= 0.3 is 0 Å². The predicted molar refractivity (Wildman–Crippen MR) is 68.6 cm³/mol. The molecule has 2 atom stereocenters. The lowest BCUT2D eigenvalue weighted by atomic mass is 9.97. The SMILES string of the molecule is Fc1cc(C=C2CC3CCC(C2)N3)ccc1Cl. The smallest absolute Gasteiger partial charge is 0.142 e.